The number of aromatic nitrogens is 2. The van der Waals surface area contributed by atoms with Crippen molar-refractivity contribution < 1.29 is 13.2 Å². The maximum atomic E-state index is 12.6. The van der Waals surface area contributed by atoms with E-state index in [1.54, 1.807) is 4.90 Å². The quantitative estimate of drug-likeness (QED) is 0.856. The van der Waals surface area contributed by atoms with E-state index in [0.717, 1.165) is 19.3 Å². The second-order valence-electron chi connectivity index (χ2n) is 5.57. The molecule has 0 spiro atoms. The summed E-state index contributed by atoms with van der Waals surface area (Å²) in [6.07, 6.45) is 3.21. The minimum absolute atomic E-state index is 0.0810. The molecule has 1 aliphatic heterocycles. The Hall–Kier alpha value is -1.08. The van der Waals surface area contributed by atoms with Crippen LogP contribution in [-0.2, 0) is 15.5 Å². The Morgan fingerprint density at radius 1 is 1.52 bits per heavy atom. The van der Waals surface area contributed by atoms with E-state index in [0.29, 0.717) is 31.1 Å². The monoisotopic (exact) mass is 333 g/mol. The van der Waals surface area contributed by atoms with E-state index in [1.807, 2.05) is 6.92 Å². The van der Waals surface area contributed by atoms with Crippen molar-refractivity contribution in [2.45, 2.75) is 44.4 Å². The maximum Gasteiger partial charge on any atom is 0.275 e. The average Bonchev–Trinajstić information content (AvgIpc) is 2.82. The Labute approximate surface area is 129 Å². The van der Waals surface area contributed by atoms with Crippen LogP contribution in [0.3, 0.4) is 0 Å². The van der Waals surface area contributed by atoms with Crippen molar-refractivity contribution in [1.82, 2.24) is 15.1 Å². The fourth-order valence-electron chi connectivity index (χ4n) is 2.72. The van der Waals surface area contributed by atoms with Crippen LogP contribution < -0.4 is 0 Å². The number of nitrogens with zero attached hydrogens (tertiary/aromatic N) is 2. The lowest BCUT2D eigenvalue weighted by Gasteiger charge is -2.30. The van der Waals surface area contributed by atoms with Crippen molar-refractivity contribution >= 4 is 25.6 Å². The van der Waals surface area contributed by atoms with E-state index in [4.69, 9.17) is 10.7 Å². The number of amides is 1. The Morgan fingerprint density at radius 3 is 2.81 bits per heavy atom. The highest BCUT2D eigenvalue weighted by molar-refractivity contribution is 8.13. The van der Waals surface area contributed by atoms with Gasteiger partial charge in [0, 0.05) is 23.8 Å². The molecule has 1 saturated heterocycles. The van der Waals surface area contributed by atoms with E-state index < -0.39 is 9.05 Å². The molecule has 0 aromatic carbocycles. The summed E-state index contributed by atoms with van der Waals surface area (Å²) in [6, 6.07) is 0. The van der Waals surface area contributed by atoms with Crippen molar-refractivity contribution in [3.8, 4) is 0 Å². The van der Waals surface area contributed by atoms with E-state index in [9.17, 15) is 13.2 Å². The molecule has 1 fully saturated rings. The number of H-pyrrole nitrogens is 1. The van der Waals surface area contributed by atoms with Gasteiger partial charge in [0.05, 0.1) is 5.69 Å². The van der Waals surface area contributed by atoms with Gasteiger partial charge in [-0.2, -0.15) is 5.10 Å². The van der Waals surface area contributed by atoms with E-state index >= 15 is 0 Å². The summed E-state index contributed by atoms with van der Waals surface area (Å²) in [4.78, 5) is 14.1. The van der Waals surface area contributed by atoms with Gasteiger partial charge in [0.2, 0.25) is 0 Å². The van der Waals surface area contributed by atoms with Crippen molar-refractivity contribution in [1.29, 1.82) is 0 Å². The number of hydrogen-bond donors (Lipinski definition) is 1. The Bertz CT molecular complexity index is 627. The molecule has 1 amide bonds. The second kappa shape index (κ2) is 6.36. The molecule has 1 atom stereocenters. The predicted octanol–water partition coefficient (Wildman–Crippen LogP) is 2.16. The number of aromatic amines is 1. The summed E-state index contributed by atoms with van der Waals surface area (Å²) in [7, 11) is 1.49. The number of halogens is 1. The van der Waals surface area contributed by atoms with Gasteiger partial charge in [0.15, 0.2) is 5.69 Å². The Morgan fingerprint density at radius 2 is 2.24 bits per heavy atom. The number of aryl methyl sites for hydroxylation is 1. The molecule has 0 aliphatic carbocycles. The first-order chi connectivity index (χ1) is 9.84. The Kier molecular flexibility index (Phi) is 4.93. The molecule has 0 radical (unpaired) electrons. The number of rotatable bonds is 4. The molecule has 2 heterocycles. The van der Waals surface area contributed by atoms with Gasteiger partial charge in [0.1, 0.15) is 4.90 Å². The molecule has 2 rings (SSSR count). The number of hydrogen-bond acceptors (Lipinski definition) is 4. The highest BCUT2D eigenvalue weighted by Crippen LogP contribution is 2.26. The minimum Gasteiger partial charge on any atom is -0.337 e. The van der Waals surface area contributed by atoms with Gasteiger partial charge in [-0.15, -0.1) is 0 Å². The fourth-order valence-corrected chi connectivity index (χ4v) is 4.02. The van der Waals surface area contributed by atoms with Gasteiger partial charge in [-0.1, -0.05) is 20.3 Å². The zero-order valence-electron chi connectivity index (χ0n) is 12.2. The smallest absolute Gasteiger partial charge is 0.275 e. The molecule has 1 aromatic heterocycles. The van der Waals surface area contributed by atoms with Crippen LogP contribution in [0.1, 0.15) is 49.3 Å². The summed E-state index contributed by atoms with van der Waals surface area (Å²) in [5.41, 5.74) is 0.323. The summed E-state index contributed by atoms with van der Waals surface area (Å²) in [5, 5.41) is 6.57. The van der Waals surface area contributed by atoms with Crippen LogP contribution in [0.4, 0.5) is 0 Å². The fraction of sp³-hybridized carbons (Fsp3) is 0.692. The van der Waals surface area contributed by atoms with Crippen molar-refractivity contribution in [3.63, 3.8) is 0 Å². The highest BCUT2D eigenvalue weighted by atomic mass is 35.7. The van der Waals surface area contributed by atoms with Crippen molar-refractivity contribution in [2.24, 2.45) is 5.92 Å². The summed E-state index contributed by atoms with van der Waals surface area (Å²) in [5.74, 6) is 0.0483. The van der Waals surface area contributed by atoms with Crippen LogP contribution in [0.15, 0.2) is 4.90 Å². The summed E-state index contributed by atoms with van der Waals surface area (Å²) < 4.78 is 23.6. The summed E-state index contributed by atoms with van der Waals surface area (Å²) >= 11 is 0. The molecule has 0 bridgehead atoms. The number of piperidine rings is 1. The van der Waals surface area contributed by atoms with Crippen LogP contribution >= 0.6 is 10.7 Å². The zero-order chi connectivity index (χ0) is 15.6. The van der Waals surface area contributed by atoms with Gasteiger partial charge in [-0.3, -0.25) is 9.89 Å². The molecule has 1 aliphatic rings. The lowest BCUT2D eigenvalue weighted by atomic mass is 10.00. The first-order valence-corrected chi connectivity index (χ1v) is 9.46. The topological polar surface area (TPSA) is 83.1 Å². The van der Waals surface area contributed by atoms with Crippen molar-refractivity contribution in [3.05, 3.63) is 11.4 Å². The van der Waals surface area contributed by atoms with Crippen molar-refractivity contribution in [2.75, 3.05) is 13.1 Å². The third-order valence-electron chi connectivity index (χ3n) is 3.68. The Balaban J connectivity index is 2.37. The molecule has 8 heteroatoms. The van der Waals surface area contributed by atoms with E-state index in [1.165, 1.54) is 0 Å². The molecular formula is C13H20ClN3O3S. The molecule has 1 N–H and O–H groups in total. The maximum absolute atomic E-state index is 12.6. The minimum atomic E-state index is -4.01. The second-order valence-corrected chi connectivity index (χ2v) is 8.07. The average molecular weight is 334 g/mol. The van der Waals surface area contributed by atoms with Crippen LogP contribution in [0.25, 0.3) is 0 Å². The third-order valence-corrected chi connectivity index (χ3v) is 5.07. The van der Waals surface area contributed by atoms with Crippen LogP contribution in [-0.4, -0.2) is 42.5 Å². The lowest BCUT2D eigenvalue weighted by Crippen LogP contribution is -2.39. The molecule has 21 heavy (non-hydrogen) atoms. The lowest BCUT2D eigenvalue weighted by molar-refractivity contribution is 0.0673. The van der Waals surface area contributed by atoms with Gasteiger partial charge in [-0.05, 0) is 25.2 Å². The van der Waals surface area contributed by atoms with Gasteiger partial charge < -0.3 is 4.90 Å². The molecule has 118 valence electrons. The number of nitrogens with one attached hydrogen (secondary N) is 1. The zero-order valence-corrected chi connectivity index (χ0v) is 13.8. The molecule has 1 unspecified atom stereocenters. The summed E-state index contributed by atoms with van der Waals surface area (Å²) in [6.45, 7) is 5.24. The molecule has 0 saturated carbocycles. The first kappa shape index (κ1) is 16.3. The molecule has 6 nitrogen and oxygen atoms in total. The van der Waals surface area contributed by atoms with Crippen LogP contribution in [0, 0.1) is 5.92 Å². The first-order valence-electron chi connectivity index (χ1n) is 7.15. The van der Waals surface area contributed by atoms with Gasteiger partial charge in [-0.25, -0.2) is 8.42 Å². The SMILES string of the molecule is CCCc1[nH]nc(C(=O)N2CCCC(C)C2)c1S(=O)(=O)Cl. The molecular weight excluding hydrogens is 314 g/mol. The van der Waals surface area contributed by atoms with Gasteiger partial charge >= 0.3 is 0 Å². The largest absolute Gasteiger partial charge is 0.337 e. The van der Waals surface area contributed by atoms with E-state index in [-0.39, 0.29) is 16.5 Å². The third kappa shape index (κ3) is 3.58. The molecule has 1 aromatic rings. The van der Waals surface area contributed by atoms with Crippen LogP contribution in [0.2, 0.25) is 0 Å². The predicted molar refractivity (Wildman–Crippen MR) is 79.9 cm³/mol. The number of likely N-dealkylation sites (tertiary alicyclic amines) is 1. The standard InChI is InChI=1S/C13H20ClN3O3S/c1-3-5-10-12(21(14,19)20)11(16-15-10)13(18)17-7-4-6-9(2)8-17/h9H,3-8H2,1-2H3,(H,15,16). The van der Waals surface area contributed by atoms with E-state index in [2.05, 4.69) is 17.1 Å². The normalized spacial score (nSPS) is 19.8. The number of carbonyl (C=O) groups is 1. The van der Waals surface area contributed by atoms with Gasteiger partial charge in [0.25, 0.3) is 15.0 Å². The highest BCUT2D eigenvalue weighted by Gasteiger charge is 2.32. The van der Waals surface area contributed by atoms with Crippen LogP contribution in [0.5, 0.6) is 0 Å². The number of carbonyl (C=O) groups excluding carboxylic acids is 1.